The summed E-state index contributed by atoms with van der Waals surface area (Å²) >= 11 is 9.32. The summed E-state index contributed by atoms with van der Waals surface area (Å²) in [5.41, 5.74) is 4.92. The van der Waals surface area contributed by atoms with E-state index < -0.39 is 0 Å². The Balaban J connectivity index is 1.22. The Morgan fingerprint density at radius 1 is 1.14 bits per heavy atom. The molecule has 0 spiro atoms. The topological polar surface area (TPSA) is 77.1 Å². The molecule has 4 heterocycles. The number of aryl methyl sites for hydroxylation is 1. The first-order chi connectivity index (χ1) is 18.1. The van der Waals surface area contributed by atoms with E-state index in [2.05, 4.69) is 27.3 Å². The number of fused-ring (bicyclic) bond motifs is 1. The van der Waals surface area contributed by atoms with Gasteiger partial charge in [0.05, 0.1) is 17.7 Å². The monoisotopic (exact) mass is 547 g/mol. The van der Waals surface area contributed by atoms with Gasteiger partial charge in [0, 0.05) is 23.5 Å². The van der Waals surface area contributed by atoms with Gasteiger partial charge in [0.2, 0.25) is 5.82 Å². The van der Waals surface area contributed by atoms with Crippen LogP contribution >= 0.6 is 34.7 Å². The number of hydrogen-bond acceptors (Lipinski definition) is 7. The van der Waals surface area contributed by atoms with E-state index in [1.165, 1.54) is 34.2 Å². The molecule has 10 heteroatoms. The predicted octanol–water partition coefficient (Wildman–Crippen LogP) is 6.44. The van der Waals surface area contributed by atoms with Gasteiger partial charge in [-0.3, -0.25) is 9.36 Å². The van der Waals surface area contributed by atoms with Crippen LogP contribution in [0.5, 0.6) is 0 Å². The lowest BCUT2D eigenvalue weighted by Crippen LogP contribution is -2.36. The second-order valence-corrected chi connectivity index (χ2v) is 11.0. The first kappa shape index (κ1) is 24.0. The summed E-state index contributed by atoms with van der Waals surface area (Å²) in [7, 11) is 0. The van der Waals surface area contributed by atoms with Crippen LogP contribution in [0.2, 0.25) is 5.02 Å². The van der Waals surface area contributed by atoms with Gasteiger partial charge in [-0.05, 0) is 54.3 Å². The quantitative estimate of drug-likeness (QED) is 0.228. The van der Waals surface area contributed by atoms with Gasteiger partial charge in [0.25, 0.3) is 5.91 Å². The van der Waals surface area contributed by atoms with E-state index >= 15 is 0 Å². The molecule has 0 radical (unpaired) electrons. The second kappa shape index (κ2) is 10.2. The van der Waals surface area contributed by atoms with Crippen molar-refractivity contribution in [1.29, 1.82) is 0 Å². The molecule has 1 amide bonds. The van der Waals surface area contributed by atoms with Gasteiger partial charge in [-0.2, -0.15) is 0 Å². The number of benzene rings is 2. The number of halogens is 1. The van der Waals surface area contributed by atoms with Crippen LogP contribution in [0.3, 0.4) is 0 Å². The molecule has 0 unspecified atom stereocenters. The Bertz CT molecular complexity index is 1580. The highest BCUT2D eigenvalue weighted by Crippen LogP contribution is 2.33. The SMILES string of the molecule is Cc1ccc(Cl)cc1-n1c(SCc2nc(C(=O)N3CCc4ccccc4C3)cs2)nnc1-c1ccco1. The van der Waals surface area contributed by atoms with Gasteiger partial charge in [-0.25, -0.2) is 4.98 Å². The van der Waals surface area contributed by atoms with Gasteiger partial charge in [-0.1, -0.05) is 53.7 Å². The fourth-order valence-corrected chi connectivity index (χ4v) is 6.30. The zero-order valence-corrected chi connectivity index (χ0v) is 22.3. The van der Waals surface area contributed by atoms with Crippen LogP contribution in [-0.2, 0) is 18.7 Å². The van der Waals surface area contributed by atoms with Crippen LogP contribution in [-0.4, -0.2) is 37.1 Å². The van der Waals surface area contributed by atoms with Crippen molar-refractivity contribution in [3.8, 4) is 17.3 Å². The molecular weight excluding hydrogens is 526 g/mol. The lowest BCUT2D eigenvalue weighted by atomic mass is 10.00. The minimum Gasteiger partial charge on any atom is -0.461 e. The summed E-state index contributed by atoms with van der Waals surface area (Å²) in [6.45, 7) is 3.34. The molecule has 0 fully saturated rings. The summed E-state index contributed by atoms with van der Waals surface area (Å²) < 4.78 is 7.57. The van der Waals surface area contributed by atoms with Crippen molar-refractivity contribution in [3.05, 3.63) is 98.7 Å². The Morgan fingerprint density at radius 2 is 2.00 bits per heavy atom. The summed E-state index contributed by atoms with van der Waals surface area (Å²) in [5, 5.41) is 12.9. The Labute approximate surface area is 227 Å². The number of amides is 1. The third-order valence-corrected chi connectivity index (χ3v) is 8.51. The molecule has 0 aliphatic carbocycles. The third kappa shape index (κ3) is 4.82. The molecular formula is C27H22ClN5O2S2. The first-order valence-electron chi connectivity index (χ1n) is 11.8. The van der Waals surface area contributed by atoms with Gasteiger partial charge in [-0.15, -0.1) is 21.5 Å². The standard InChI is InChI=1S/C27H22ClN5O2S2/c1-17-8-9-20(28)13-22(17)33-25(23-7-4-12-35-23)30-31-27(33)37-16-24-29-21(15-36-24)26(34)32-11-10-18-5-2-3-6-19(18)14-32/h2-9,12-13,15H,10-11,14,16H2,1H3. The number of rotatable bonds is 6. The zero-order chi connectivity index (χ0) is 25.4. The van der Waals surface area contributed by atoms with Crippen LogP contribution in [0, 0.1) is 6.92 Å². The Hall–Kier alpha value is -3.40. The van der Waals surface area contributed by atoms with Gasteiger partial charge >= 0.3 is 0 Å². The van der Waals surface area contributed by atoms with Crippen molar-refractivity contribution in [3.63, 3.8) is 0 Å². The minimum atomic E-state index is -0.0279. The van der Waals surface area contributed by atoms with Gasteiger partial charge in [0.1, 0.15) is 10.7 Å². The van der Waals surface area contributed by atoms with E-state index in [1.807, 2.05) is 64.2 Å². The highest BCUT2D eigenvalue weighted by molar-refractivity contribution is 7.98. The lowest BCUT2D eigenvalue weighted by molar-refractivity contribution is 0.0729. The van der Waals surface area contributed by atoms with Crippen molar-refractivity contribution < 1.29 is 9.21 Å². The summed E-state index contributed by atoms with van der Waals surface area (Å²) in [6, 6.07) is 17.7. The van der Waals surface area contributed by atoms with Gasteiger partial charge < -0.3 is 9.32 Å². The number of carbonyl (C=O) groups excluding carboxylic acids is 1. The highest BCUT2D eigenvalue weighted by atomic mass is 35.5. The molecule has 0 N–H and O–H groups in total. The molecule has 1 aliphatic heterocycles. The maximum atomic E-state index is 13.2. The molecule has 7 nitrogen and oxygen atoms in total. The number of thioether (sulfide) groups is 1. The minimum absolute atomic E-state index is 0.0279. The third-order valence-electron chi connectivity index (χ3n) is 6.30. The van der Waals surface area contributed by atoms with Crippen molar-refractivity contribution in [2.75, 3.05) is 6.54 Å². The molecule has 2 aromatic carbocycles. The average molecular weight is 548 g/mol. The summed E-state index contributed by atoms with van der Waals surface area (Å²) in [5.74, 6) is 1.73. The van der Waals surface area contributed by atoms with E-state index in [0.29, 0.717) is 46.3 Å². The molecule has 186 valence electrons. The molecule has 3 aromatic heterocycles. The number of hydrogen-bond donors (Lipinski definition) is 0. The van der Waals surface area contributed by atoms with E-state index in [0.717, 1.165) is 22.7 Å². The van der Waals surface area contributed by atoms with Crippen molar-refractivity contribution in [2.45, 2.75) is 30.8 Å². The molecule has 1 aliphatic rings. The van der Waals surface area contributed by atoms with E-state index in [4.69, 9.17) is 16.0 Å². The van der Waals surface area contributed by atoms with Crippen LogP contribution < -0.4 is 0 Å². The maximum absolute atomic E-state index is 13.2. The van der Waals surface area contributed by atoms with E-state index in [-0.39, 0.29) is 5.91 Å². The van der Waals surface area contributed by atoms with Crippen LogP contribution in [0.4, 0.5) is 0 Å². The zero-order valence-electron chi connectivity index (χ0n) is 19.9. The first-order valence-corrected chi connectivity index (χ1v) is 14.0. The van der Waals surface area contributed by atoms with Crippen LogP contribution in [0.1, 0.15) is 32.2 Å². The number of nitrogens with zero attached hydrogens (tertiary/aromatic N) is 5. The summed E-state index contributed by atoms with van der Waals surface area (Å²) in [4.78, 5) is 19.7. The smallest absolute Gasteiger partial charge is 0.273 e. The highest BCUT2D eigenvalue weighted by Gasteiger charge is 2.24. The van der Waals surface area contributed by atoms with Crippen LogP contribution in [0.15, 0.2) is 75.8 Å². The van der Waals surface area contributed by atoms with Crippen molar-refractivity contribution >= 4 is 40.6 Å². The predicted molar refractivity (Wildman–Crippen MR) is 145 cm³/mol. The largest absolute Gasteiger partial charge is 0.461 e. The fraction of sp³-hybridized carbons (Fsp3) is 0.185. The van der Waals surface area contributed by atoms with Gasteiger partial charge in [0.15, 0.2) is 10.9 Å². The van der Waals surface area contributed by atoms with E-state index in [1.54, 1.807) is 6.26 Å². The maximum Gasteiger partial charge on any atom is 0.273 e. The molecule has 0 saturated carbocycles. The van der Waals surface area contributed by atoms with Crippen LogP contribution in [0.25, 0.3) is 17.3 Å². The molecule has 0 saturated heterocycles. The van der Waals surface area contributed by atoms with Crippen molar-refractivity contribution in [1.82, 2.24) is 24.6 Å². The number of thiazole rings is 1. The fourth-order valence-electron chi connectivity index (χ4n) is 4.40. The van der Waals surface area contributed by atoms with E-state index in [9.17, 15) is 4.79 Å². The second-order valence-electron chi connectivity index (χ2n) is 8.71. The molecule has 0 bridgehead atoms. The molecule has 37 heavy (non-hydrogen) atoms. The number of carbonyl (C=O) groups is 1. The number of aromatic nitrogens is 4. The Kier molecular flexibility index (Phi) is 6.58. The average Bonchev–Trinajstić information content (AvgIpc) is 3.69. The molecule has 6 rings (SSSR count). The number of furan rings is 1. The summed E-state index contributed by atoms with van der Waals surface area (Å²) in [6.07, 6.45) is 2.48. The Morgan fingerprint density at radius 3 is 2.84 bits per heavy atom. The van der Waals surface area contributed by atoms with Crippen molar-refractivity contribution in [2.24, 2.45) is 0 Å². The molecule has 5 aromatic rings. The lowest BCUT2D eigenvalue weighted by Gasteiger charge is -2.28. The normalized spacial score (nSPS) is 13.1. The molecule has 0 atom stereocenters.